The van der Waals surface area contributed by atoms with Gasteiger partial charge in [-0.15, -0.1) is 0 Å². The molecule has 3 rings (SSSR count). The molecule has 0 aliphatic carbocycles. The summed E-state index contributed by atoms with van der Waals surface area (Å²) in [6.07, 6.45) is 7.55. The van der Waals surface area contributed by atoms with Crippen LogP contribution < -0.4 is 9.47 Å². The Morgan fingerprint density at radius 1 is 1.35 bits per heavy atom. The highest BCUT2D eigenvalue weighted by Gasteiger charge is 2.27. The summed E-state index contributed by atoms with van der Waals surface area (Å²) in [5.74, 6) is 1.30. The minimum absolute atomic E-state index is 0.0353. The normalized spacial score (nSPS) is 24.0. The smallest absolute Gasteiger partial charge is 0.308 e. The summed E-state index contributed by atoms with van der Waals surface area (Å²) in [6.45, 7) is 3.70. The van der Waals surface area contributed by atoms with Crippen LogP contribution in [0, 0.1) is 5.92 Å². The zero-order valence-electron chi connectivity index (χ0n) is 14.0. The molecule has 4 heteroatoms. The fraction of sp³-hybridized carbons (Fsp3) is 0.526. The molecule has 2 aliphatic heterocycles. The number of hydrogen-bond donors (Lipinski definition) is 0. The van der Waals surface area contributed by atoms with E-state index in [4.69, 9.17) is 14.2 Å². The Bertz CT molecular complexity index is 618. The number of esters is 1. The van der Waals surface area contributed by atoms with Crippen LogP contribution >= 0.6 is 0 Å². The largest absolute Gasteiger partial charge is 0.493 e. The maximum Gasteiger partial charge on any atom is 0.308 e. The van der Waals surface area contributed by atoms with Gasteiger partial charge in [0.05, 0.1) is 13.0 Å². The van der Waals surface area contributed by atoms with Crippen LogP contribution in [0.1, 0.15) is 44.2 Å². The summed E-state index contributed by atoms with van der Waals surface area (Å²) in [6, 6.07) is 4.07. The molecule has 23 heavy (non-hydrogen) atoms. The lowest BCUT2D eigenvalue weighted by Gasteiger charge is -2.30. The van der Waals surface area contributed by atoms with Gasteiger partial charge in [0.25, 0.3) is 0 Å². The number of methoxy groups -OCH3 is 1. The van der Waals surface area contributed by atoms with E-state index in [0.29, 0.717) is 6.42 Å². The molecule has 0 radical (unpaired) electrons. The highest BCUT2D eigenvalue weighted by molar-refractivity contribution is 5.72. The van der Waals surface area contributed by atoms with Gasteiger partial charge in [0.2, 0.25) is 0 Å². The van der Waals surface area contributed by atoms with E-state index in [1.165, 1.54) is 5.56 Å². The first-order chi connectivity index (χ1) is 11.1. The number of fused-ring (bicyclic) bond motifs is 1. The van der Waals surface area contributed by atoms with Gasteiger partial charge >= 0.3 is 5.97 Å². The van der Waals surface area contributed by atoms with Crippen LogP contribution in [0.25, 0.3) is 6.08 Å². The van der Waals surface area contributed by atoms with Crippen LogP contribution in [0.2, 0.25) is 0 Å². The molecular formula is C19H24O4. The van der Waals surface area contributed by atoms with Crippen molar-refractivity contribution in [3.8, 4) is 11.5 Å². The summed E-state index contributed by atoms with van der Waals surface area (Å²) < 4.78 is 17.3. The van der Waals surface area contributed by atoms with Gasteiger partial charge in [0.1, 0.15) is 12.2 Å². The molecule has 2 atom stereocenters. The molecule has 1 aromatic carbocycles. The fourth-order valence-electron chi connectivity index (χ4n) is 3.13. The second-order valence-corrected chi connectivity index (χ2v) is 6.53. The van der Waals surface area contributed by atoms with Gasteiger partial charge in [-0.1, -0.05) is 26.0 Å². The van der Waals surface area contributed by atoms with Gasteiger partial charge in [-0.25, -0.2) is 0 Å². The summed E-state index contributed by atoms with van der Waals surface area (Å²) in [5.41, 5.74) is 2.31. The quantitative estimate of drug-likeness (QED) is 0.796. The van der Waals surface area contributed by atoms with Gasteiger partial charge in [-0.3, -0.25) is 4.79 Å². The Hall–Kier alpha value is -1.97. The maximum absolute atomic E-state index is 11.9. The van der Waals surface area contributed by atoms with Crippen molar-refractivity contribution in [3.05, 3.63) is 29.3 Å². The van der Waals surface area contributed by atoms with Crippen molar-refractivity contribution in [2.75, 3.05) is 7.11 Å². The van der Waals surface area contributed by atoms with E-state index in [9.17, 15) is 4.79 Å². The van der Waals surface area contributed by atoms with Crippen molar-refractivity contribution in [2.24, 2.45) is 5.92 Å². The summed E-state index contributed by atoms with van der Waals surface area (Å²) in [7, 11) is 1.66. The number of rotatable bonds is 3. The van der Waals surface area contributed by atoms with E-state index in [-0.39, 0.29) is 24.1 Å². The van der Waals surface area contributed by atoms with E-state index < -0.39 is 0 Å². The second-order valence-electron chi connectivity index (χ2n) is 6.53. The molecule has 0 N–H and O–H groups in total. The molecular weight excluding hydrogens is 292 g/mol. The zero-order valence-corrected chi connectivity index (χ0v) is 14.0. The van der Waals surface area contributed by atoms with E-state index in [1.807, 2.05) is 32.1 Å². The molecule has 0 spiro atoms. The molecule has 0 aromatic heterocycles. The van der Waals surface area contributed by atoms with Gasteiger partial charge in [0, 0.05) is 12.0 Å². The summed E-state index contributed by atoms with van der Waals surface area (Å²) in [5, 5.41) is 0. The first kappa shape index (κ1) is 15.9. The Labute approximate surface area is 137 Å². The maximum atomic E-state index is 11.9. The molecule has 4 nitrogen and oxygen atoms in total. The topological polar surface area (TPSA) is 44.8 Å². The van der Waals surface area contributed by atoms with Crippen molar-refractivity contribution in [3.63, 3.8) is 0 Å². The number of benzene rings is 1. The van der Waals surface area contributed by atoms with Gasteiger partial charge < -0.3 is 14.2 Å². The van der Waals surface area contributed by atoms with Crippen LogP contribution in [0.15, 0.2) is 18.2 Å². The van der Waals surface area contributed by atoms with Crippen molar-refractivity contribution in [1.82, 2.24) is 0 Å². The number of carbonyl (C=O) groups excluding carboxylic acids is 1. The van der Waals surface area contributed by atoms with E-state index >= 15 is 0 Å². The van der Waals surface area contributed by atoms with Gasteiger partial charge in [-0.2, -0.15) is 0 Å². The Balaban J connectivity index is 1.97. The monoisotopic (exact) mass is 316 g/mol. The third-order valence-corrected chi connectivity index (χ3v) is 4.44. The molecule has 0 unspecified atom stereocenters. The van der Waals surface area contributed by atoms with Gasteiger partial charge in [-0.05, 0) is 37.0 Å². The number of carbonyl (C=O) groups is 1. The van der Waals surface area contributed by atoms with Crippen molar-refractivity contribution in [2.45, 2.75) is 51.7 Å². The second kappa shape index (κ2) is 6.65. The average Bonchev–Trinajstić information content (AvgIpc) is 2.51. The van der Waals surface area contributed by atoms with Crippen molar-refractivity contribution >= 4 is 12.0 Å². The predicted octanol–water partition coefficient (Wildman–Crippen LogP) is 3.76. The van der Waals surface area contributed by atoms with E-state index in [2.05, 4.69) is 6.07 Å². The Morgan fingerprint density at radius 2 is 2.17 bits per heavy atom. The lowest BCUT2D eigenvalue weighted by Crippen LogP contribution is -2.30. The lowest BCUT2D eigenvalue weighted by molar-refractivity contribution is -0.151. The third kappa shape index (κ3) is 3.36. The summed E-state index contributed by atoms with van der Waals surface area (Å²) in [4.78, 5) is 11.9. The van der Waals surface area contributed by atoms with E-state index in [0.717, 1.165) is 36.3 Å². The predicted molar refractivity (Wildman–Crippen MR) is 88.7 cm³/mol. The minimum Gasteiger partial charge on any atom is -0.493 e. The number of ether oxygens (including phenoxy) is 3. The Morgan fingerprint density at radius 3 is 2.91 bits per heavy atom. The van der Waals surface area contributed by atoms with Gasteiger partial charge in [0.15, 0.2) is 11.5 Å². The molecule has 1 aromatic rings. The van der Waals surface area contributed by atoms with Crippen LogP contribution in [-0.4, -0.2) is 25.3 Å². The minimum atomic E-state index is -0.236. The summed E-state index contributed by atoms with van der Waals surface area (Å²) >= 11 is 0. The SMILES string of the molecule is COc1ccc2c3c1O[C@H](CCC2)C[C@@H](OC(=O)C(C)C)/C=C\3. The van der Waals surface area contributed by atoms with Crippen LogP contribution in [-0.2, 0) is 16.0 Å². The number of hydrogen-bond acceptors (Lipinski definition) is 4. The lowest BCUT2D eigenvalue weighted by atomic mass is 9.93. The average molecular weight is 316 g/mol. The van der Waals surface area contributed by atoms with Crippen LogP contribution in [0.3, 0.4) is 0 Å². The molecule has 124 valence electrons. The zero-order chi connectivity index (χ0) is 16.4. The van der Waals surface area contributed by atoms with Crippen LogP contribution in [0.4, 0.5) is 0 Å². The van der Waals surface area contributed by atoms with Crippen molar-refractivity contribution < 1.29 is 19.0 Å². The van der Waals surface area contributed by atoms with Crippen molar-refractivity contribution in [1.29, 1.82) is 0 Å². The molecule has 4 bridgehead atoms. The van der Waals surface area contributed by atoms with Crippen LogP contribution in [0.5, 0.6) is 11.5 Å². The first-order valence-electron chi connectivity index (χ1n) is 8.33. The molecule has 0 saturated heterocycles. The molecule has 0 amide bonds. The Kier molecular flexibility index (Phi) is 4.60. The fourth-order valence-corrected chi connectivity index (χ4v) is 3.13. The van der Waals surface area contributed by atoms with E-state index in [1.54, 1.807) is 7.11 Å². The number of aryl methyl sites for hydroxylation is 1. The highest BCUT2D eigenvalue weighted by Crippen LogP contribution is 2.40. The standard InChI is InChI=1S/C19H24O4/c1-12(2)19(20)23-15-8-9-16-13-5-4-6-14(11-15)22-18(16)17(21-3)10-7-13/h7-10,12,14-15H,4-6,11H2,1-3H3/b9-8-/t14-,15+/m1/s1. The third-order valence-electron chi connectivity index (χ3n) is 4.44. The molecule has 2 aliphatic rings. The highest BCUT2D eigenvalue weighted by atomic mass is 16.5. The molecule has 0 saturated carbocycles. The molecule has 0 fully saturated rings. The first-order valence-corrected chi connectivity index (χ1v) is 8.33. The molecule has 2 heterocycles.